The van der Waals surface area contributed by atoms with Gasteiger partial charge in [-0.05, 0) is 50.9 Å². The van der Waals surface area contributed by atoms with Gasteiger partial charge in [0.25, 0.3) is 0 Å². The average Bonchev–Trinajstić information content (AvgIpc) is 2.81. The van der Waals surface area contributed by atoms with E-state index < -0.39 is 0 Å². The number of benzene rings is 1. The first-order valence-electron chi connectivity index (χ1n) is 8.01. The SMILES string of the molecule is CCCNCCCCc1nc2ccccc2n1CCC. The molecule has 0 saturated heterocycles. The van der Waals surface area contributed by atoms with Crippen LogP contribution in [0.1, 0.15) is 45.4 Å². The van der Waals surface area contributed by atoms with Gasteiger partial charge in [0, 0.05) is 13.0 Å². The van der Waals surface area contributed by atoms with Crippen LogP contribution in [0.3, 0.4) is 0 Å². The molecule has 0 saturated carbocycles. The average molecular weight is 273 g/mol. The molecule has 0 aliphatic rings. The molecule has 1 aromatic heterocycles. The molecule has 0 spiro atoms. The molecule has 3 nitrogen and oxygen atoms in total. The number of aromatic nitrogens is 2. The number of imidazole rings is 1. The zero-order chi connectivity index (χ0) is 14.2. The third kappa shape index (κ3) is 3.83. The minimum atomic E-state index is 1.07. The second kappa shape index (κ2) is 8.05. The predicted octanol–water partition coefficient (Wildman–Crippen LogP) is 3.77. The zero-order valence-electron chi connectivity index (χ0n) is 12.9. The highest BCUT2D eigenvalue weighted by atomic mass is 15.1. The van der Waals surface area contributed by atoms with E-state index in [1.165, 1.54) is 30.6 Å². The quantitative estimate of drug-likeness (QED) is 0.705. The van der Waals surface area contributed by atoms with E-state index in [9.17, 15) is 0 Å². The van der Waals surface area contributed by atoms with Crippen molar-refractivity contribution in [3.05, 3.63) is 30.1 Å². The maximum Gasteiger partial charge on any atom is 0.109 e. The van der Waals surface area contributed by atoms with Crippen molar-refractivity contribution in [3.63, 3.8) is 0 Å². The van der Waals surface area contributed by atoms with Crippen LogP contribution in [-0.2, 0) is 13.0 Å². The Kier molecular flexibility index (Phi) is 6.06. The third-order valence-electron chi connectivity index (χ3n) is 3.61. The van der Waals surface area contributed by atoms with Gasteiger partial charge in [0.2, 0.25) is 0 Å². The highest BCUT2D eigenvalue weighted by Gasteiger charge is 2.08. The molecular formula is C17H27N3. The monoisotopic (exact) mass is 273 g/mol. The number of unbranched alkanes of at least 4 members (excludes halogenated alkanes) is 1. The van der Waals surface area contributed by atoms with Gasteiger partial charge in [0.15, 0.2) is 0 Å². The molecule has 1 heterocycles. The van der Waals surface area contributed by atoms with Crippen LogP contribution in [-0.4, -0.2) is 22.6 Å². The predicted molar refractivity (Wildman–Crippen MR) is 86.1 cm³/mol. The molecule has 0 unspecified atom stereocenters. The van der Waals surface area contributed by atoms with Gasteiger partial charge in [-0.1, -0.05) is 26.0 Å². The molecule has 3 heteroatoms. The van der Waals surface area contributed by atoms with E-state index >= 15 is 0 Å². The molecule has 0 atom stereocenters. The maximum absolute atomic E-state index is 4.81. The van der Waals surface area contributed by atoms with Crippen LogP contribution >= 0.6 is 0 Å². The van der Waals surface area contributed by atoms with Gasteiger partial charge in [0.1, 0.15) is 5.82 Å². The standard InChI is InChI=1S/C17H27N3/c1-3-12-18-13-8-7-11-17-19-15-9-5-6-10-16(15)20(17)14-4-2/h5-6,9-10,18H,3-4,7-8,11-14H2,1-2H3. The Balaban J connectivity index is 1.96. The Morgan fingerprint density at radius 2 is 1.90 bits per heavy atom. The summed E-state index contributed by atoms with van der Waals surface area (Å²) in [5, 5.41) is 3.46. The Morgan fingerprint density at radius 1 is 1.05 bits per heavy atom. The van der Waals surface area contributed by atoms with Crippen molar-refractivity contribution in [2.45, 2.75) is 52.5 Å². The Morgan fingerprint density at radius 3 is 2.70 bits per heavy atom. The number of nitrogens with zero attached hydrogens (tertiary/aromatic N) is 2. The Hall–Kier alpha value is -1.35. The molecule has 2 aromatic rings. The fraction of sp³-hybridized carbons (Fsp3) is 0.588. The number of hydrogen-bond acceptors (Lipinski definition) is 2. The number of hydrogen-bond donors (Lipinski definition) is 1. The van der Waals surface area contributed by atoms with Gasteiger partial charge < -0.3 is 9.88 Å². The molecule has 2 rings (SSSR count). The van der Waals surface area contributed by atoms with Crippen LogP contribution in [0.15, 0.2) is 24.3 Å². The lowest BCUT2D eigenvalue weighted by Gasteiger charge is -2.08. The summed E-state index contributed by atoms with van der Waals surface area (Å²) in [6.07, 6.45) is 5.90. The van der Waals surface area contributed by atoms with E-state index in [0.29, 0.717) is 0 Å². The van der Waals surface area contributed by atoms with Crippen molar-refractivity contribution in [2.24, 2.45) is 0 Å². The van der Waals surface area contributed by atoms with E-state index in [2.05, 4.69) is 48.0 Å². The second-order valence-electron chi connectivity index (χ2n) is 5.38. The number of aryl methyl sites for hydroxylation is 2. The topological polar surface area (TPSA) is 29.9 Å². The molecule has 110 valence electrons. The van der Waals surface area contributed by atoms with Crippen molar-refractivity contribution in [1.29, 1.82) is 0 Å². The molecule has 0 amide bonds. The molecule has 1 aromatic carbocycles. The lowest BCUT2D eigenvalue weighted by Crippen LogP contribution is -2.16. The van der Waals surface area contributed by atoms with E-state index in [1.54, 1.807) is 0 Å². The van der Waals surface area contributed by atoms with Crippen LogP contribution in [0.2, 0.25) is 0 Å². The summed E-state index contributed by atoms with van der Waals surface area (Å²) in [5.74, 6) is 1.25. The minimum absolute atomic E-state index is 1.07. The smallest absolute Gasteiger partial charge is 0.109 e. The fourth-order valence-corrected chi connectivity index (χ4v) is 2.62. The summed E-state index contributed by atoms with van der Waals surface area (Å²) in [6, 6.07) is 8.48. The highest BCUT2D eigenvalue weighted by molar-refractivity contribution is 5.75. The molecule has 0 aliphatic carbocycles. The molecule has 0 aliphatic heterocycles. The first kappa shape index (κ1) is 15.0. The lowest BCUT2D eigenvalue weighted by molar-refractivity contribution is 0.590. The molecule has 20 heavy (non-hydrogen) atoms. The van der Waals surface area contributed by atoms with Gasteiger partial charge in [-0.3, -0.25) is 0 Å². The summed E-state index contributed by atoms with van der Waals surface area (Å²) in [5.41, 5.74) is 2.42. The number of rotatable bonds is 9. The molecule has 0 bridgehead atoms. The largest absolute Gasteiger partial charge is 0.328 e. The summed E-state index contributed by atoms with van der Waals surface area (Å²) >= 11 is 0. The molecule has 0 radical (unpaired) electrons. The fourth-order valence-electron chi connectivity index (χ4n) is 2.62. The lowest BCUT2D eigenvalue weighted by atomic mass is 10.2. The van der Waals surface area contributed by atoms with Crippen LogP contribution in [0.5, 0.6) is 0 Å². The number of para-hydroxylation sites is 2. The number of fused-ring (bicyclic) bond motifs is 1. The molecular weight excluding hydrogens is 246 g/mol. The van der Waals surface area contributed by atoms with E-state index in [-0.39, 0.29) is 0 Å². The molecule has 1 N–H and O–H groups in total. The summed E-state index contributed by atoms with van der Waals surface area (Å²) in [7, 11) is 0. The number of nitrogens with one attached hydrogen (secondary N) is 1. The normalized spacial score (nSPS) is 11.3. The second-order valence-corrected chi connectivity index (χ2v) is 5.38. The third-order valence-corrected chi connectivity index (χ3v) is 3.61. The van der Waals surface area contributed by atoms with Crippen LogP contribution in [0, 0.1) is 0 Å². The zero-order valence-corrected chi connectivity index (χ0v) is 12.9. The summed E-state index contributed by atoms with van der Waals surface area (Å²) in [6.45, 7) is 7.77. The summed E-state index contributed by atoms with van der Waals surface area (Å²) < 4.78 is 2.40. The van der Waals surface area contributed by atoms with Crippen LogP contribution in [0.25, 0.3) is 11.0 Å². The first-order chi connectivity index (χ1) is 9.86. The van der Waals surface area contributed by atoms with Crippen molar-refractivity contribution in [2.75, 3.05) is 13.1 Å². The van der Waals surface area contributed by atoms with Gasteiger partial charge in [0.05, 0.1) is 11.0 Å². The van der Waals surface area contributed by atoms with Gasteiger partial charge in [-0.2, -0.15) is 0 Å². The van der Waals surface area contributed by atoms with E-state index in [0.717, 1.165) is 38.0 Å². The first-order valence-corrected chi connectivity index (χ1v) is 8.01. The van der Waals surface area contributed by atoms with Crippen molar-refractivity contribution in [3.8, 4) is 0 Å². The van der Waals surface area contributed by atoms with Crippen molar-refractivity contribution < 1.29 is 0 Å². The maximum atomic E-state index is 4.81. The van der Waals surface area contributed by atoms with Crippen LogP contribution in [0.4, 0.5) is 0 Å². The van der Waals surface area contributed by atoms with Gasteiger partial charge >= 0.3 is 0 Å². The van der Waals surface area contributed by atoms with Crippen LogP contribution < -0.4 is 5.32 Å². The van der Waals surface area contributed by atoms with E-state index in [1.807, 2.05) is 0 Å². The minimum Gasteiger partial charge on any atom is -0.328 e. The summed E-state index contributed by atoms with van der Waals surface area (Å²) in [4.78, 5) is 4.81. The van der Waals surface area contributed by atoms with Gasteiger partial charge in [-0.15, -0.1) is 0 Å². The van der Waals surface area contributed by atoms with E-state index in [4.69, 9.17) is 4.98 Å². The molecule has 0 fully saturated rings. The van der Waals surface area contributed by atoms with Crippen molar-refractivity contribution >= 4 is 11.0 Å². The Labute approximate surface area is 122 Å². The van der Waals surface area contributed by atoms with Crippen molar-refractivity contribution in [1.82, 2.24) is 14.9 Å². The Bertz CT molecular complexity index is 516. The van der Waals surface area contributed by atoms with Gasteiger partial charge in [-0.25, -0.2) is 4.98 Å². The highest BCUT2D eigenvalue weighted by Crippen LogP contribution is 2.17.